The van der Waals surface area contributed by atoms with Crippen molar-refractivity contribution in [2.45, 2.75) is 19.9 Å². The standard InChI is InChI=1S/C24H20ClN3O4/c1-3-20(29)22-21(14-7-5-4-6-8-14)18-11-15(25)9-10-17(18)23(30)28(22)13-16-12-19(24(31)32)27(2)26-16/h4-12H,3,13H2,1-2H3,(H,31,32). The largest absolute Gasteiger partial charge is 0.477 e. The van der Waals surface area contributed by atoms with E-state index >= 15 is 0 Å². The fraction of sp³-hybridized carbons (Fsp3) is 0.167. The zero-order valence-corrected chi connectivity index (χ0v) is 18.3. The molecule has 0 radical (unpaired) electrons. The summed E-state index contributed by atoms with van der Waals surface area (Å²) in [7, 11) is 1.52. The third kappa shape index (κ3) is 3.71. The van der Waals surface area contributed by atoms with Crippen molar-refractivity contribution in [3.63, 3.8) is 0 Å². The highest BCUT2D eigenvalue weighted by molar-refractivity contribution is 6.31. The second kappa shape index (κ2) is 8.43. The van der Waals surface area contributed by atoms with Gasteiger partial charge in [0.1, 0.15) is 5.69 Å². The average molecular weight is 450 g/mol. The number of fused-ring (bicyclic) bond motifs is 1. The van der Waals surface area contributed by atoms with Crippen molar-refractivity contribution in [3.8, 4) is 11.1 Å². The molecule has 7 nitrogen and oxygen atoms in total. The van der Waals surface area contributed by atoms with Gasteiger partial charge in [0, 0.05) is 29.4 Å². The normalized spacial score (nSPS) is 11.1. The molecule has 0 bridgehead atoms. The van der Waals surface area contributed by atoms with Gasteiger partial charge in [-0.25, -0.2) is 4.79 Å². The van der Waals surface area contributed by atoms with Crippen molar-refractivity contribution in [1.29, 1.82) is 0 Å². The molecule has 4 aromatic rings. The highest BCUT2D eigenvalue weighted by atomic mass is 35.5. The minimum absolute atomic E-state index is 0.00716. The lowest BCUT2D eigenvalue weighted by molar-refractivity contribution is 0.0684. The SMILES string of the molecule is CCC(=O)c1c(-c2ccccc2)c2cc(Cl)ccc2c(=O)n1Cc1cc(C(=O)O)n(C)n1. The molecule has 32 heavy (non-hydrogen) atoms. The van der Waals surface area contributed by atoms with Crippen LogP contribution in [-0.4, -0.2) is 31.2 Å². The van der Waals surface area contributed by atoms with Crippen LogP contribution in [0.4, 0.5) is 0 Å². The molecule has 0 amide bonds. The maximum atomic E-state index is 13.5. The van der Waals surface area contributed by atoms with E-state index in [0.717, 1.165) is 5.56 Å². The van der Waals surface area contributed by atoms with Gasteiger partial charge >= 0.3 is 5.97 Å². The minimum Gasteiger partial charge on any atom is -0.477 e. The number of pyridine rings is 1. The molecule has 0 aliphatic rings. The maximum Gasteiger partial charge on any atom is 0.354 e. The predicted molar refractivity (Wildman–Crippen MR) is 123 cm³/mol. The topological polar surface area (TPSA) is 94.2 Å². The number of carboxylic acids is 1. The Morgan fingerprint density at radius 1 is 1.06 bits per heavy atom. The zero-order chi connectivity index (χ0) is 23.0. The number of benzene rings is 2. The third-order valence-electron chi connectivity index (χ3n) is 5.35. The van der Waals surface area contributed by atoms with Gasteiger partial charge in [-0.05, 0) is 35.2 Å². The quantitative estimate of drug-likeness (QED) is 0.440. The molecule has 0 aliphatic heterocycles. The van der Waals surface area contributed by atoms with Gasteiger partial charge in [0.25, 0.3) is 5.56 Å². The summed E-state index contributed by atoms with van der Waals surface area (Å²) < 4.78 is 2.63. The minimum atomic E-state index is -1.12. The molecule has 0 atom stereocenters. The van der Waals surface area contributed by atoms with E-state index in [1.165, 1.54) is 22.4 Å². The number of carbonyl (C=O) groups excluding carboxylic acids is 1. The van der Waals surface area contributed by atoms with Crippen LogP contribution >= 0.6 is 11.6 Å². The number of carboxylic acid groups (broad SMARTS) is 1. The molecule has 8 heteroatoms. The first-order valence-electron chi connectivity index (χ1n) is 10.0. The van der Waals surface area contributed by atoms with E-state index in [4.69, 9.17) is 11.6 Å². The lowest BCUT2D eigenvalue weighted by Gasteiger charge is -2.19. The second-order valence-corrected chi connectivity index (χ2v) is 7.83. The molecule has 162 valence electrons. The van der Waals surface area contributed by atoms with Gasteiger partial charge in [-0.3, -0.25) is 18.8 Å². The molecule has 2 aromatic carbocycles. The average Bonchev–Trinajstić information content (AvgIpc) is 3.15. The van der Waals surface area contributed by atoms with Crippen molar-refractivity contribution in [2.24, 2.45) is 7.05 Å². The van der Waals surface area contributed by atoms with Crippen LogP contribution in [0.2, 0.25) is 5.02 Å². The van der Waals surface area contributed by atoms with Crippen LogP contribution in [0.3, 0.4) is 0 Å². The number of carbonyl (C=O) groups is 2. The van der Waals surface area contributed by atoms with Gasteiger partial charge < -0.3 is 5.11 Å². The summed E-state index contributed by atoms with van der Waals surface area (Å²) in [5.74, 6) is -1.33. The van der Waals surface area contributed by atoms with Gasteiger partial charge in [-0.2, -0.15) is 5.10 Å². The number of aromatic nitrogens is 3. The summed E-state index contributed by atoms with van der Waals surface area (Å²) in [4.78, 5) is 38.1. The lowest BCUT2D eigenvalue weighted by Crippen LogP contribution is -2.28. The highest BCUT2D eigenvalue weighted by Gasteiger charge is 2.24. The maximum absolute atomic E-state index is 13.5. The van der Waals surface area contributed by atoms with E-state index in [1.54, 1.807) is 25.1 Å². The van der Waals surface area contributed by atoms with Gasteiger partial charge in [-0.1, -0.05) is 48.9 Å². The molecule has 2 aromatic heterocycles. The Balaban J connectivity index is 2.08. The van der Waals surface area contributed by atoms with E-state index in [-0.39, 0.29) is 35.7 Å². The Morgan fingerprint density at radius 2 is 1.78 bits per heavy atom. The van der Waals surface area contributed by atoms with E-state index in [1.807, 2.05) is 30.3 Å². The first kappa shape index (κ1) is 21.5. The number of hydrogen-bond donors (Lipinski definition) is 1. The van der Waals surface area contributed by atoms with Crippen molar-refractivity contribution >= 4 is 34.1 Å². The summed E-state index contributed by atoms with van der Waals surface area (Å²) in [6.45, 7) is 1.69. The van der Waals surface area contributed by atoms with Crippen LogP contribution in [0.1, 0.15) is 40.0 Å². The summed E-state index contributed by atoms with van der Waals surface area (Å²) in [6.07, 6.45) is 0.188. The number of halogens is 1. The van der Waals surface area contributed by atoms with E-state index in [0.29, 0.717) is 27.1 Å². The van der Waals surface area contributed by atoms with Crippen molar-refractivity contribution in [3.05, 3.63) is 87.1 Å². The molecule has 2 heterocycles. The summed E-state index contributed by atoms with van der Waals surface area (Å²) in [5, 5.41) is 15.0. The molecular formula is C24H20ClN3O4. The molecule has 0 saturated heterocycles. The summed E-state index contributed by atoms with van der Waals surface area (Å²) in [6, 6.07) is 15.7. The molecule has 1 N–H and O–H groups in total. The Kier molecular flexibility index (Phi) is 5.67. The van der Waals surface area contributed by atoms with E-state index < -0.39 is 5.97 Å². The Morgan fingerprint density at radius 3 is 2.41 bits per heavy atom. The first-order chi connectivity index (χ1) is 15.3. The number of Topliss-reactive ketones (excluding diaryl/α,β-unsaturated/α-hetero) is 1. The van der Waals surface area contributed by atoms with Crippen LogP contribution < -0.4 is 5.56 Å². The smallest absolute Gasteiger partial charge is 0.354 e. The lowest BCUT2D eigenvalue weighted by atomic mass is 9.94. The van der Waals surface area contributed by atoms with Crippen LogP contribution in [0.15, 0.2) is 59.4 Å². The van der Waals surface area contributed by atoms with Gasteiger partial charge in [-0.15, -0.1) is 0 Å². The van der Waals surface area contributed by atoms with Gasteiger partial charge in [0.2, 0.25) is 0 Å². The van der Waals surface area contributed by atoms with Crippen LogP contribution in [0.5, 0.6) is 0 Å². The zero-order valence-electron chi connectivity index (χ0n) is 17.5. The third-order valence-corrected chi connectivity index (χ3v) is 5.59. The number of aryl methyl sites for hydroxylation is 1. The van der Waals surface area contributed by atoms with E-state index in [9.17, 15) is 19.5 Å². The predicted octanol–water partition coefficient (Wildman–Crippen LogP) is 4.39. The van der Waals surface area contributed by atoms with Crippen LogP contribution in [-0.2, 0) is 13.6 Å². The van der Waals surface area contributed by atoms with Crippen molar-refractivity contribution in [2.75, 3.05) is 0 Å². The number of nitrogens with zero attached hydrogens (tertiary/aromatic N) is 3. The van der Waals surface area contributed by atoms with Crippen molar-refractivity contribution < 1.29 is 14.7 Å². The Labute approximate surface area is 188 Å². The fourth-order valence-corrected chi connectivity index (χ4v) is 4.06. The van der Waals surface area contributed by atoms with Gasteiger partial charge in [0.15, 0.2) is 5.78 Å². The molecular weight excluding hydrogens is 430 g/mol. The summed E-state index contributed by atoms with van der Waals surface area (Å²) >= 11 is 6.25. The van der Waals surface area contributed by atoms with Crippen LogP contribution in [0.25, 0.3) is 21.9 Å². The monoisotopic (exact) mass is 449 g/mol. The number of rotatable bonds is 6. The first-order valence-corrected chi connectivity index (χ1v) is 10.4. The number of hydrogen-bond acceptors (Lipinski definition) is 4. The molecule has 0 unspecified atom stereocenters. The van der Waals surface area contributed by atoms with Crippen LogP contribution in [0, 0.1) is 0 Å². The molecule has 4 rings (SSSR count). The molecule has 0 aliphatic carbocycles. The number of ketones is 1. The highest BCUT2D eigenvalue weighted by Crippen LogP contribution is 2.33. The molecule has 0 spiro atoms. The Hall–Kier alpha value is -3.71. The Bertz CT molecular complexity index is 1420. The molecule has 0 saturated carbocycles. The number of aromatic carboxylic acids is 1. The fourth-order valence-electron chi connectivity index (χ4n) is 3.89. The van der Waals surface area contributed by atoms with Crippen molar-refractivity contribution in [1.82, 2.24) is 14.3 Å². The van der Waals surface area contributed by atoms with E-state index in [2.05, 4.69) is 5.10 Å². The van der Waals surface area contributed by atoms with Gasteiger partial charge in [0.05, 0.1) is 17.9 Å². The second-order valence-electron chi connectivity index (χ2n) is 7.40. The molecule has 0 fully saturated rings. The summed E-state index contributed by atoms with van der Waals surface area (Å²) in [5.41, 5.74) is 1.63.